The zero-order valence-corrected chi connectivity index (χ0v) is 13.5. The van der Waals surface area contributed by atoms with Gasteiger partial charge in [-0.25, -0.2) is 0 Å². The van der Waals surface area contributed by atoms with Crippen LogP contribution < -0.4 is 5.32 Å². The number of allylic oxidation sites excluding steroid dienone is 4. The summed E-state index contributed by atoms with van der Waals surface area (Å²) in [6, 6.07) is 10.5. The molecule has 0 saturated heterocycles. The molecular formula is C20H23NO2. The molecule has 1 aliphatic carbocycles. The van der Waals surface area contributed by atoms with Crippen molar-refractivity contribution in [3.63, 3.8) is 0 Å². The molecule has 1 aliphatic heterocycles. The lowest BCUT2D eigenvalue weighted by Crippen LogP contribution is -2.32. The van der Waals surface area contributed by atoms with Gasteiger partial charge in [0.1, 0.15) is 5.76 Å². The summed E-state index contributed by atoms with van der Waals surface area (Å²) in [6.07, 6.45) is 11.3. The van der Waals surface area contributed by atoms with Gasteiger partial charge in [0.2, 0.25) is 0 Å². The lowest BCUT2D eigenvalue weighted by atomic mass is 9.97. The Hall–Kier alpha value is -2.26. The normalized spacial score (nSPS) is 19.2. The van der Waals surface area contributed by atoms with Crippen LogP contribution in [0.15, 0.2) is 77.7 Å². The van der Waals surface area contributed by atoms with Gasteiger partial charge in [-0.05, 0) is 18.6 Å². The second-order valence-corrected chi connectivity index (χ2v) is 5.75. The van der Waals surface area contributed by atoms with E-state index in [0.29, 0.717) is 19.8 Å². The quantitative estimate of drug-likeness (QED) is 0.776. The average molecular weight is 309 g/mol. The van der Waals surface area contributed by atoms with Crippen molar-refractivity contribution in [1.82, 2.24) is 5.32 Å². The summed E-state index contributed by atoms with van der Waals surface area (Å²) in [5.41, 5.74) is 3.54. The number of fused-ring (bicyclic) bond motifs is 1. The maximum Gasteiger partial charge on any atom is 0.126 e. The number of benzene rings is 1. The molecule has 1 atom stereocenters. The maximum atomic E-state index is 5.97. The smallest absolute Gasteiger partial charge is 0.126 e. The molecule has 120 valence electrons. The molecular weight excluding hydrogens is 286 g/mol. The van der Waals surface area contributed by atoms with E-state index in [2.05, 4.69) is 48.7 Å². The molecule has 0 aromatic heterocycles. The maximum absolute atomic E-state index is 5.97. The average Bonchev–Trinajstić information content (AvgIpc) is 2.58. The van der Waals surface area contributed by atoms with Crippen molar-refractivity contribution in [3.05, 3.63) is 83.3 Å². The van der Waals surface area contributed by atoms with Crippen molar-refractivity contribution in [3.8, 4) is 0 Å². The fourth-order valence-electron chi connectivity index (χ4n) is 2.70. The first kappa shape index (κ1) is 15.6. The first-order chi connectivity index (χ1) is 11.3. The van der Waals surface area contributed by atoms with E-state index in [9.17, 15) is 0 Å². The SMILES string of the molecule is CC1=CC(OCCCOCc2ccccc2)=C2C=CC=CC2N1. The lowest BCUT2D eigenvalue weighted by molar-refractivity contribution is 0.0968. The molecule has 0 bridgehead atoms. The highest BCUT2D eigenvalue weighted by molar-refractivity contribution is 5.45. The molecule has 3 heteroatoms. The second kappa shape index (κ2) is 7.84. The summed E-state index contributed by atoms with van der Waals surface area (Å²) < 4.78 is 11.7. The third-order valence-electron chi connectivity index (χ3n) is 3.84. The molecule has 3 nitrogen and oxygen atoms in total. The standard InChI is InChI=1S/C20H23NO2/c1-16-14-20(18-10-5-6-11-19(18)21-16)23-13-7-12-22-15-17-8-3-2-4-9-17/h2-6,8-11,14,19,21H,7,12-13,15H2,1H3. The molecule has 3 rings (SSSR count). The summed E-state index contributed by atoms with van der Waals surface area (Å²) in [5, 5.41) is 3.44. The van der Waals surface area contributed by atoms with Gasteiger partial charge in [0, 0.05) is 17.7 Å². The first-order valence-corrected chi connectivity index (χ1v) is 8.11. The third-order valence-corrected chi connectivity index (χ3v) is 3.84. The van der Waals surface area contributed by atoms with E-state index < -0.39 is 0 Å². The van der Waals surface area contributed by atoms with Gasteiger partial charge in [-0.3, -0.25) is 0 Å². The van der Waals surface area contributed by atoms with Gasteiger partial charge < -0.3 is 14.8 Å². The largest absolute Gasteiger partial charge is 0.493 e. The van der Waals surface area contributed by atoms with Crippen LogP contribution in [0.3, 0.4) is 0 Å². The van der Waals surface area contributed by atoms with Gasteiger partial charge in [-0.15, -0.1) is 0 Å². The minimum atomic E-state index is 0.231. The highest BCUT2D eigenvalue weighted by Crippen LogP contribution is 2.24. The molecule has 1 unspecified atom stereocenters. The molecule has 0 amide bonds. The molecule has 0 saturated carbocycles. The van der Waals surface area contributed by atoms with Crippen LogP contribution in [-0.4, -0.2) is 19.3 Å². The second-order valence-electron chi connectivity index (χ2n) is 5.75. The van der Waals surface area contributed by atoms with Crippen molar-refractivity contribution in [1.29, 1.82) is 0 Å². The van der Waals surface area contributed by atoms with E-state index in [-0.39, 0.29) is 6.04 Å². The molecule has 23 heavy (non-hydrogen) atoms. The molecule has 0 spiro atoms. The van der Waals surface area contributed by atoms with Crippen LogP contribution in [0, 0.1) is 0 Å². The van der Waals surface area contributed by atoms with E-state index in [4.69, 9.17) is 9.47 Å². The Bertz CT molecular complexity index is 641. The number of hydrogen-bond donors (Lipinski definition) is 1. The summed E-state index contributed by atoms with van der Waals surface area (Å²) in [6.45, 7) is 4.10. The highest BCUT2D eigenvalue weighted by atomic mass is 16.5. The molecule has 1 aromatic rings. The van der Waals surface area contributed by atoms with Crippen LogP contribution >= 0.6 is 0 Å². The van der Waals surface area contributed by atoms with Crippen LogP contribution in [0.2, 0.25) is 0 Å². The monoisotopic (exact) mass is 309 g/mol. The van der Waals surface area contributed by atoms with Crippen LogP contribution in [-0.2, 0) is 16.1 Å². The summed E-state index contributed by atoms with van der Waals surface area (Å²) in [5.74, 6) is 0.968. The van der Waals surface area contributed by atoms with Crippen molar-refractivity contribution in [2.45, 2.75) is 26.0 Å². The number of ether oxygens (including phenoxy) is 2. The van der Waals surface area contributed by atoms with Crippen molar-refractivity contribution >= 4 is 0 Å². The highest BCUT2D eigenvalue weighted by Gasteiger charge is 2.20. The van der Waals surface area contributed by atoms with Gasteiger partial charge in [-0.2, -0.15) is 0 Å². The molecule has 2 aliphatic rings. The fraction of sp³-hybridized carbons (Fsp3) is 0.300. The summed E-state index contributed by atoms with van der Waals surface area (Å²) >= 11 is 0. The topological polar surface area (TPSA) is 30.5 Å². The van der Waals surface area contributed by atoms with Gasteiger partial charge >= 0.3 is 0 Å². The minimum Gasteiger partial charge on any atom is -0.493 e. The molecule has 0 radical (unpaired) electrons. The minimum absolute atomic E-state index is 0.231. The van der Waals surface area contributed by atoms with Gasteiger partial charge in [-0.1, -0.05) is 54.6 Å². The Labute approximate surface area is 138 Å². The zero-order chi connectivity index (χ0) is 15.9. The Morgan fingerprint density at radius 3 is 2.83 bits per heavy atom. The van der Waals surface area contributed by atoms with E-state index in [0.717, 1.165) is 17.9 Å². The van der Waals surface area contributed by atoms with Crippen LogP contribution in [0.1, 0.15) is 18.9 Å². The van der Waals surface area contributed by atoms with Crippen LogP contribution in [0.4, 0.5) is 0 Å². The lowest BCUT2D eigenvalue weighted by Gasteiger charge is -2.27. The zero-order valence-electron chi connectivity index (χ0n) is 13.5. The summed E-state index contributed by atoms with van der Waals surface area (Å²) in [4.78, 5) is 0. The number of hydrogen-bond acceptors (Lipinski definition) is 3. The predicted molar refractivity (Wildman–Crippen MR) is 92.7 cm³/mol. The van der Waals surface area contributed by atoms with E-state index in [1.807, 2.05) is 24.3 Å². The molecule has 0 fully saturated rings. The Morgan fingerprint density at radius 2 is 1.96 bits per heavy atom. The van der Waals surface area contributed by atoms with Crippen LogP contribution in [0.25, 0.3) is 0 Å². The predicted octanol–water partition coefficient (Wildman–Crippen LogP) is 3.87. The summed E-state index contributed by atoms with van der Waals surface area (Å²) in [7, 11) is 0. The van der Waals surface area contributed by atoms with E-state index >= 15 is 0 Å². The van der Waals surface area contributed by atoms with Gasteiger partial charge in [0.15, 0.2) is 0 Å². The number of rotatable bonds is 7. The fourth-order valence-corrected chi connectivity index (χ4v) is 2.70. The first-order valence-electron chi connectivity index (χ1n) is 8.11. The van der Waals surface area contributed by atoms with Crippen molar-refractivity contribution in [2.24, 2.45) is 0 Å². The molecule has 1 aromatic carbocycles. The Balaban J connectivity index is 1.42. The van der Waals surface area contributed by atoms with E-state index in [1.54, 1.807) is 0 Å². The van der Waals surface area contributed by atoms with Crippen LogP contribution in [0.5, 0.6) is 0 Å². The Morgan fingerprint density at radius 1 is 1.09 bits per heavy atom. The molecule has 1 N–H and O–H groups in total. The molecule has 1 heterocycles. The Kier molecular flexibility index (Phi) is 5.33. The number of nitrogens with one attached hydrogen (secondary N) is 1. The number of dihydropyridines is 1. The van der Waals surface area contributed by atoms with Gasteiger partial charge in [0.05, 0.1) is 25.9 Å². The van der Waals surface area contributed by atoms with Crippen molar-refractivity contribution in [2.75, 3.05) is 13.2 Å². The van der Waals surface area contributed by atoms with E-state index in [1.165, 1.54) is 11.1 Å². The van der Waals surface area contributed by atoms with Crippen molar-refractivity contribution < 1.29 is 9.47 Å². The third kappa shape index (κ3) is 4.36. The van der Waals surface area contributed by atoms with Gasteiger partial charge in [0.25, 0.3) is 0 Å².